The van der Waals surface area contributed by atoms with E-state index in [-0.39, 0.29) is 0 Å². The standard InChI is InChI=1S/C16H23N3O2S/c1-9-8-15(19(7)17-9)18-22(20,21)16-13(5)11(3)10(2)12(4)14(16)6/h8,18H,1-7H3. The van der Waals surface area contributed by atoms with E-state index in [1.165, 1.54) is 4.68 Å². The first kappa shape index (κ1) is 16.5. The quantitative estimate of drug-likeness (QED) is 0.945. The first-order chi connectivity index (χ1) is 10.1. The average molecular weight is 321 g/mol. The van der Waals surface area contributed by atoms with Crippen molar-refractivity contribution in [3.63, 3.8) is 0 Å². The van der Waals surface area contributed by atoms with Gasteiger partial charge in [-0.1, -0.05) is 0 Å². The van der Waals surface area contributed by atoms with Crippen LogP contribution in [-0.2, 0) is 17.1 Å². The number of hydrogen-bond acceptors (Lipinski definition) is 3. The third-order valence-electron chi connectivity index (χ3n) is 4.44. The molecule has 0 aliphatic heterocycles. The lowest BCUT2D eigenvalue weighted by Crippen LogP contribution is -2.19. The van der Waals surface area contributed by atoms with Gasteiger partial charge in [-0.15, -0.1) is 0 Å². The number of hydrogen-bond donors (Lipinski definition) is 1. The van der Waals surface area contributed by atoms with Gasteiger partial charge in [-0.25, -0.2) is 8.42 Å². The third-order valence-corrected chi connectivity index (χ3v) is 6.07. The van der Waals surface area contributed by atoms with E-state index in [0.717, 1.165) is 33.5 Å². The molecule has 0 saturated heterocycles. The zero-order valence-electron chi connectivity index (χ0n) is 14.2. The summed E-state index contributed by atoms with van der Waals surface area (Å²) in [5.74, 6) is 0.465. The number of nitrogens with one attached hydrogen (secondary N) is 1. The van der Waals surface area contributed by atoms with Gasteiger partial charge in [0.2, 0.25) is 0 Å². The smallest absolute Gasteiger partial charge is 0.263 e. The molecule has 0 fully saturated rings. The molecule has 22 heavy (non-hydrogen) atoms. The van der Waals surface area contributed by atoms with E-state index in [9.17, 15) is 8.42 Å². The minimum Gasteiger partial charge on any atom is -0.264 e. The molecular weight excluding hydrogens is 298 g/mol. The van der Waals surface area contributed by atoms with Crippen LogP contribution in [0.25, 0.3) is 0 Å². The Bertz CT molecular complexity index is 820. The summed E-state index contributed by atoms with van der Waals surface area (Å²) in [5.41, 5.74) is 5.54. The van der Waals surface area contributed by atoms with E-state index in [1.54, 1.807) is 13.1 Å². The van der Waals surface area contributed by atoms with Gasteiger partial charge in [0.25, 0.3) is 10.0 Å². The molecule has 2 rings (SSSR count). The van der Waals surface area contributed by atoms with Crippen LogP contribution >= 0.6 is 0 Å². The summed E-state index contributed by atoms with van der Waals surface area (Å²) < 4.78 is 29.9. The Morgan fingerprint density at radius 3 is 1.77 bits per heavy atom. The van der Waals surface area contributed by atoms with Crippen LogP contribution in [0.4, 0.5) is 5.82 Å². The predicted octanol–water partition coefficient (Wildman–Crippen LogP) is 3.07. The topological polar surface area (TPSA) is 64.0 Å². The number of benzene rings is 1. The molecule has 0 atom stereocenters. The highest BCUT2D eigenvalue weighted by Crippen LogP contribution is 2.30. The molecule has 0 saturated carbocycles. The molecular formula is C16H23N3O2S. The van der Waals surface area contributed by atoms with E-state index in [4.69, 9.17) is 0 Å². The normalized spacial score (nSPS) is 11.8. The molecule has 2 aromatic rings. The van der Waals surface area contributed by atoms with Crippen molar-refractivity contribution in [2.24, 2.45) is 7.05 Å². The first-order valence-corrected chi connectivity index (χ1v) is 8.65. The van der Waals surface area contributed by atoms with Gasteiger partial charge in [-0.2, -0.15) is 5.10 Å². The molecule has 0 aliphatic carbocycles. The van der Waals surface area contributed by atoms with Crippen molar-refractivity contribution in [1.82, 2.24) is 9.78 Å². The minimum absolute atomic E-state index is 0.368. The van der Waals surface area contributed by atoms with Gasteiger partial charge in [0, 0.05) is 13.1 Å². The maximum absolute atomic E-state index is 12.9. The molecule has 0 radical (unpaired) electrons. The van der Waals surface area contributed by atoms with Gasteiger partial charge in [-0.3, -0.25) is 9.40 Å². The van der Waals surface area contributed by atoms with Gasteiger partial charge in [0.15, 0.2) is 0 Å². The van der Waals surface area contributed by atoms with Gasteiger partial charge < -0.3 is 0 Å². The summed E-state index contributed by atoms with van der Waals surface area (Å²) in [7, 11) is -1.94. The Labute approximate surface area is 132 Å². The number of aryl methyl sites for hydroxylation is 2. The SMILES string of the molecule is Cc1cc(NS(=O)(=O)c2c(C)c(C)c(C)c(C)c2C)n(C)n1. The van der Waals surface area contributed by atoms with Crippen molar-refractivity contribution in [2.45, 2.75) is 46.4 Å². The largest absolute Gasteiger partial charge is 0.264 e. The van der Waals surface area contributed by atoms with Crippen molar-refractivity contribution in [1.29, 1.82) is 0 Å². The lowest BCUT2D eigenvalue weighted by atomic mass is 9.95. The highest BCUT2D eigenvalue weighted by atomic mass is 32.2. The zero-order chi connectivity index (χ0) is 16.8. The fraction of sp³-hybridized carbons (Fsp3) is 0.438. The lowest BCUT2D eigenvalue weighted by Gasteiger charge is -2.19. The Morgan fingerprint density at radius 2 is 1.36 bits per heavy atom. The summed E-state index contributed by atoms with van der Waals surface area (Å²) in [5, 5.41) is 4.17. The van der Waals surface area contributed by atoms with Crippen LogP contribution in [0, 0.1) is 41.5 Å². The van der Waals surface area contributed by atoms with Gasteiger partial charge in [0.05, 0.1) is 10.6 Å². The second-order valence-corrected chi connectivity index (χ2v) is 7.47. The fourth-order valence-electron chi connectivity index (χ4n) is 2.76. The van der Waals surface area contributed by atoms with Crippen LogP contribution < -0.4 is 4.72 Å². The van der Waals surface area contributed by atoms with Crippen molar-refractivity contribution >= 4 is 15.8 Å². The zero-order valence-corrected chi connectivity index (χ0v) is 15.0. The molecule has 0 aliphatic rings. The average Bonchev–Trinajstić information content (AvgIpc) is 2.71. The van der Waals surface area contributed by atoms with Crippen LogP contribution in [0.3, 0.4) is 0 Å². The van der Waals surface area contributed by atoms with Gasteiger partial charge in [-0.05, 0) is 69.4 Å². The van der Waals surface area contributed by atoms with E-state index in [2.05, 4.69) is 9.82 Å². The molecule has 0 spiro atoms. The van der Waals surface area contributed by atoms with E-state index >= 15 is 0 Å². The lowest BCUT2D eigenvalue weighted by molar-refractivity contribution is 0.598. The van der Waals surface area contributed by atoms with Crippen molar-refractivity contribution in [3.8, 4) is 0 Å². The second-order valence-electron chi connectivity index (χ2n) is 5.85. The molecule has 120 valence electrons. The molecule has 0 amide bonds. The Morgan fingerprint density at radius 1 is 0.909 bits per heavy atom. The summed E-state index contributed by atoms with van der Waals surface area (Å²) in [6, 6.07) is 1.72. The summed E-state index contributed by atoms with van der Waals surface area (Å²) in [6.07, 6.45) is 0. The first-order valence-electron chi connectivity index (χ1n) is 7.16. The Hall–Kier alpha value is -1.82. The molecule has 1 aromatic heterocycles. The van der Waals surface area contributed by atoms with Gasteiger partial charge >= 0.3 is 0 Å². The van der Waals surface area contributed by atoms with E-state index < -0.39 is 10.0 Å². The van der Waals surface area contributed by atoms with Crippen molar-refractivity contribution < 1.29 is 8.42 Å². The molecule has 6 heteroatoms. The number of nitrogens with zero attached hydrogens (tertiary/aromatic N) is 2. The fourth-order valence-corrected chi connectivity index (χ4v) is 4.44. The molecule has 5 nitrogen and oxygen atoms in total. The van der Waals surface area contributed by atoms with Crippen LogP contribution in [0.2, 0.25) is 0 Å². The molecule has 0 bridgehead atoms. The molecule has 1 heterocycles. The van der Waals surface area contributed by atoms with Crippen LogP contribution in [0.1, 0.15) is 33.5 Å². The summed E-state index contributed by atoms with van der Waals surface area (Å²) in [4.78, 5) is 0.368. The Balaban J connectivity index is 2.62. The highest BCUT2D eigenvalue weighted by molar-refractivity contribution is 7.92. The van der Waals surface area contributed by atoms with E-state index in [1.807, 2.05) is 41.5 Å². The predicted molar refractivity (Wildman–Crippen MR) is 88.9 cm³/mol. The Kier molecular flexibility index (Phi) is 4.08. The second kappa shape index (κ2) is 5.43. The van der Waals surface area contributed by atoms with Gasteiger partial charge in [0.1, 0.15) is 5.82 Å². The number of rotatable bonds is 3. The number of sulfonamides is 1. The number of aromatic nitrogens is 2. The third kappa shape index (κ3) is 2.63. The van der Waals surface area contributed by atoms with E-state index in [0.29, 0.717) is 10.7 Å². The summed E-state index contributed by atoms with van der Waals surface area (Å²) >= 11 is 0. The maximum Gasteiger partial charge on any atom is 0.263 e. The van der Waals surface area contributed by atoms with Crippen LogP contribution in [-0.4, -0.2) is 18.2 Å². The molecule has 0 unspecified atom stereocenters. The monoisotopic (exact) mass is 321 g/mol. The molecule has 1 N–H and O–H groups in total. The summed E-state index contributed by atoms with van der Waals surface area (Å²) in [6.45, 7) is 11.5. The van der Waals surface area contributed by atoms with Crippen molar-refractivity contribution in [2.75, 3.05) is 4.72 Å². The minimum atomic E-state index is -3.66. The van der Waals surface area contributed by atoms with Crippen molar-refractivity contribution in [3.05, 3.63) is 39.6 Å². The van der Waals surface area contributed by atoms with Crippen LogP contribution in [0.15, 0.2) is 11.0 Å². The molecule has 1 aromatic carbocycles. The van der Waals surface area contributed by atoms with Crippen LogP contribution in [0.5, 0.6) is 0 Å². The number of anilines is 1. The maximum atomic E-state index is 12.9. The highest BCUT2D eigenvalue weighted by Gasteiger charge is 2.24.